The van der Waals surface area contributed by atoms with E-state index in [2.05, 4.69) is 22.1 Å². The molecule has 2 heterocycles. The molecule has 32 heavy (non-hydrogen) atoms. The Kier molecular flexibility index (Phi) is 4.58. The van der Waals surface area contributed by atoms with Gasteiger partial charge < -0.3 is 38.4 Å². The number of methoxy groups -OCH3 is 6. The molecule has 0 radical (unpaired) electrons. The maximum atomic E-state index is 5.74. The molecule has 0 saturated carbocycles. The molecule has 0 amide bonds. The predicted octanol–water partition coefficient (Wildman–Crippen LogP) is 5.01. The Morgan fingerprint density at radius 2 is 0.875 bits per heavy atom. The van der Waals surface area contributed by atoms with E-state index in [9.17, 15) is 0 Å². The first-order chi connectivity index (χ1) is 15.6. The van der Waals surface area contributed by atoms with Crippen molar-refractivity contribution in [1.29, 1.82) is 0 Å². The van der Waals surface area contributed by atoms with Crippen LogP contribution in [0.25, 0.3) is 43.6 Å². The Morgan fingerprint density at radius 3 is 1.19 bits per heavy atom. The van der Waals surface area contributed by atoms with Crippen molar-refractivity contribution in [1.82, 2.24) is 9.97 Å². The molecule has 2 N–H and O–H groups in total. The van der Waals surface area contributed by atoms with E-state index in [-0.39, 0.29) is 0 Å². The number of benzene rings is 3. The van der Waals surface area contributed by atoms with E-state index >= 15 is 0 Å². The lowest BCUT2D eigenvalue weighted by molar-refractivity contribution is 0.327. The van der Waals surface area contributed by atoms with Gasteiger partial charge in [-0.1, -0.05) is 12.1 Å². The minimum atomic E-state index is 0.552. The summed E-state index contributed by atoms with van der Waals surface area (Å²) in [6, 6.07) is 7.96. The molecule has 5 rings (SSSR count). The zero-order chi connectivity index (χ0) is 22.6. The summed E-state index contributed by atoms with van der Waals surface area (Å²) < 4.78 is 33.7. The maximum Gasteiger partial charge on any atom is 0.204 e. The van der Waals surface area contributed by atoms with Crippen LogP contribution in [0.15, 0.2) is 24.3 Å². The average Bonchev–Trinajstić information content (AvgIpc) is 3.38. The molecule has 0 saturated heterocycles. The molecule has 8 heteroatoms. The van der Waals surface area contributed by atoms with Gasteiger partial charge >= 0.3 is 0 Å². The Bertz CT molecular complexity index is 1380. The van der Waals surface area contributed by atoms with Crippen LogP contribution in [0.1, 0.15) is 0 Å². The lowest BCUT2D eigenvalue weighted by atomic mass is 10.1. The SMILES string of the molecule is COc1cc2[nH]c3c(ccc4c3[nH]c3cc(OC)c(OC)c(OC)c34)c2c(OC)c1OC. The van der Waals surface area contributed by atoms with E-state index in [1.54, 1.807) is 42.7 Å². The van der Waals surface area contributed by atoms with E-state index in [0.717, 1.165) is 43.6 Å². The van der Waals surface area contributed by atoms with Gasteiger partial charge in [0.25, 0.3) is 0 Å². The number of hydrogen-bond donors (Lipinski definition) is 2. The molecule has 0 bridgehead atoms. The highest BCUT2D eigenvalue weighted by Gasteiger charge is 2.24. The molecule has 0 aliphatic heterocycles. The van der Waals surface area contributed by atoms with E-state index in [4.69, 9.17) is 28.4 Å². The van der Waals surface area contributed by atoms with Crippen LogP contribution in [0.4, 0.5) is 0 Å². The number of aromatic amines is 2. The highest BCUT2D eigenvalue weighted by Crippen LogP contribution is 2.49. The van der Waals surface area contributed by atoms with Crippen molar-refractivity contribution in [2.45, 2.75) is 0 Å². The summed E-state index contributed by atoms with van der Waals surface area (Å²) in [4.78, 5) is 7.05. The number of ether oxygens (including phenoxy) is 6. The summed E-state index contributed by atoms with van der Waals surface area (Å²) >= 11 is 0. The number of nitrogens with one attached hydrogen (secondary N) is 2. The normalized spacial score (nSPS) is 11.4. The number of rotatable bonds is 6. The van der Waals surface area contributed by atoms with Crippen LogP contribution in [-0.4, -0.2) is 52.6 Å². The van der Waals surface area contributed by atoms with E-state index in [0.29, 0.717) is 34.5 Å². The van der Waals surface area contributed by atoms with Gasteiger partial charge in [0.1, 0.15) is 0 Å². The van der Waals surface area contributed by atoms with Crippen molar-refractivity contribution in [3.8, 4) is 34.5 Å². The average molecular weight is 436 g/mol. The molecule has 2 aromatic heterocycles. The van der Waals surface area contributed by atoms with E-state index < -0.39 is 0 Å². The van der Waals surface area contributed by atoms with Crippen molar-refractivity contribution in [3.63, 3.8) is 0 Å². The molecule has 166 valence electrons. The maximum absolute atomic E-state index is 5.74. The topological polar surface area (TPSA) is 87.0 Å². The van der Waals surface area contributed by atoms with E-state index in [1.165, 1.54) is 0 Å². The monoisotopic (exact) mass is 436 g/mol. The fraction of sp³-hybridized carbons (Fsp3) is 0.250. The minimum absolute atomic E-state index is 0.552. The predicted molar refractivity (Wildman–Crippen MR) is 124 cm³/mol. The smallest absolute Gasteiger partial charge is 0.204 e. The Balaban J connectivity index is 1.95. The fourth-order valence-corrected chi connectivity index (χ4v) is 4.59. The molecule has 8 nitrogen and oxygen atoms in total. The molecule has 0 aliphatic carbocycles. The van der Waals surface area contributed by atoms with Crippen molar-refractivity contribution < 1.29 is 28.4 Å². The quantitative estimate of drug-likeness (QED) is 0.389. The van der Waals surface area contributed by atoms with Crippen molar-refractivity contribution in [2.75, 3.05) is 42.7 Å². The number of H-pyrrole nitrogens is 2. The molecule has 0 spiro atoms. The van der Waals surface area contributed by atoms with Gasteiger partial charge in [0.2, 0.25) is 11.5 Å². The lowest BCUT2D eigenvalue weighted by Gasteiger charge is -2.13. The first kappa shape index (κ1) is 20.0. The number of fused-ring (bicyclic) bond motifs is 7. The first-order valence-electron chi connectivity index (χ1n) is 9.99. The van der Waals surface area contributed by atoms with Gasteiger partial charge in [-0.05, 0) is 0 Å². The second-order valence-corrected chi connectivity index (χ2v) is 7.30. The fourth-order valence-electron chi connectivity index (χ4n) is 4.59. The molecule has 0 aliphatic rings. The molecular formula is C24H24N2O6. The summed E-state index contributed by atoms with van der Waals surface area (Å²) in [7, 11) is 9.67. The summed E-state index contributed by atoms with van der Waals surface area (Å²) in [5.74, 6) is 3.52. The van der Waals surface area contributed by atoms with Crippen LogP contribution in [0, 0.1) is 0 Å². The third kappa shape index (κ3) is 2.49. The molecule has 0 atom stereocenters. The Hall–Kier alpha value is -3.94. The highest BCUT2D eigenvalue weighted by molar-refractivity contribution is 6.24. The molecular weight excluding hydrogens is 412 g/mol. The van der Waals surface area contributed by atoms with Crippen LogP contribution >= 0.6 is 0 Å². The van der Waals surface area contributed by atoms with Crippen molar-refractivity contribution >= 4 is 43.6 Å². The van der Waals surface area contributed by atoms with Gasteiger partial charge in [0.15, 0.2) is 23.0 Å². The van der Waals surface area contributed by atoms with Crippen molar-refractivity contribution in [3.05, 3.63) is 24.3 Å². The molecule has 5 aromatic rings. The zero-order valence-corrected chi connectivity index (χ0v) is 18.8. The Labute approximate surface area is 183 Å². The summed E-state index contributed by atoms with van der Waals surface area (Å²) in [6.07, 6.45) is 0. The van der Waals surface area contributed by atoms with Crippen LogP contribution < -0.4 is 28.4 Å². The second kappa shape index (κ2) is 7.33. The van der Waals surface area contributed by atoms with E-state index in [1.807, 2.05) is 12.1 Å². The third-order valence-corrected chi connectivity index (χ3v) is 5.92. The van der Waals surface area contributed by atoms with Crippen LogP contribution in [0.5, 0.6) is 34.5 Å². The first-order valence-corrected chi connectivity index (χ1v) is 9.99. The standard InChI is InChI=1S/C24H24N2O6/c1-27-15-9-13-17(23(31-5)21(15)29-3)11-7-8-12-18-14(26-20(12)19(11)25-13)10-16(28-2)22(30-4)24(18)32-6/h7-10,25-26H,1-6H3. The van der Waals surface area contributed by atoms with Crippen LogP contribution in [0.3, 0.4) is 0 Å². The number of hydrogen-bond acceptors (Lipinski definition) is 6. The minimum Gasteiger partial charge on any atom is -0.493 e. The molecule has 0 unspecified atom stereocenters. The van der Waals surface area contributed by atoms with Crippen molar-refractivity contribution in [2.24, 2.45) is 0 Å². The van der Waals surface area contributed by atoms with Crippen LogP contribution in [0.2, 0.25) is 0 Å². The summed E-state index contributed by atoms with van der Waals surface area (Å²) in [5.41, 5.74) is 3.62. The highest BCUT2D eigenvalue weighted by atomic mass is 16.5. The largest absolute Gasteiger partial charge is 0.493 e. The third-order valence-electron chi connectivity index (χ3n) is 5.92. The Morgan fingerprint density at radius 1 is 0.500 bits per heavy atom. The number of aromatic nitrogens is 2. The molecule has 3 aromatic carbocycles. The lowest BCUT2D eigenvalue weighted by Crippen LogP contribution is -1.95. The zero-order valence-electron chi connectivity index (χ0n) is 18.8. The summed E-state index contributed by atoms with van der Waals surface area (Å²) in [6.45, 7) is 0. The van der Waals surface area contributed by atoms with Gasteiger partial charge in [-0.15, -0.1) is 0 Å². The van der Waals surface area contributed by atoms with Gasteiger partial charge in [0.05, 0.1) is 75.5 Å². The van der Waals surface area contributed by atoms with Gasteiger partial charge in [-0.25, -0.2) is 0 Å². The van der Waals surface area contributed by atoms with Gasteiger partial charge in [-0.2, -0.15) is 0 Å². The summed E-state index contributed by atoms with van der Waals surface area (Å²) in [5, 5.41) is 3.83. The van der Waals surface area contributed by atoms with Gasteiger partial charge in [-0.3, -0.25) is 0 Å². The second-order valence-electron chi connectivity index (χ2n) is 7.30. The van der Waals surface area contributed by atoms with Crippen LogP contribution in [-0.2, 0) is 0 Å². The van der Waals surface area contributed by atoms with Gasteiger partial charge in [0, 0.05) is 22.9 Å². The molecule has 0 fully saturated rings.